The van der Waals surface area contributed by atoms with Gasteiger partial charge in [-0.15, -0.1) is 0 Å². The van der Waals surface area contributed by atoms with Gasteiger partial charge in [-0.1, -0.05) is 81.4 Å². The average Bonchev–Trinajstić information content (AvgIpc) is 3.05. The maximum absolute atomic E-state index is 12.5. The molecule has 3 atom stereocenters. The Balaban J connectivity index is 1.97. The third-order valence-electron chi connectivity index (χ3n) is 5.93. The lowest BCUT2D eigenvalue weighted by molar-refractivity contribution is -0.144. The molecule has 7 heteroatoms. The summed E-state index contributed by atoms with van der Waals surface area (Å²) in [6.45, 7) is 16.6. The van der Waals surface area contributed by atoms with Crippen molar-refractivity contribution in [3.8, 4) is 0 Å². The fourth-order valence-electron chi connectivity index (χ4n) is 4.36. The second-order valence-corrected chi connectivity index (χ2v) is 17.5. The van der Waals surface area contributed by atoms with Crippen LogP contribution in [0, 0.1) is 0 Å². The highest BCUT2D eigenvalue weighted by Gasteiger charge is 2.51. The van der Waals surface area contributed by atoms with Crippen molar-refractivity contribution in [2.45, 2.75) is 83.2 Å². The number of hydrogen-bond donors (Lipinski definition) is 0. The summed E-state index contributed by atoms with van der Waals surface area (Å²) in [6, 6.07) is 21.1. The van der Waals surface area contributed by atoms with Gasteiger partial charge in [-0.3, -0.25) is 0 Å². The molecule has 0 saturated carbocycles. The molecule has 1 heterocycles. The van der Waals surface area contributed by atoms with E-state index in [-0.39, 0.29) is 11.1 Å². The van der Waals surface area contributed by atoms with Crippen LogP contribution in [0.5, 0.6) is 0 Å². The summed E-state index contributed by atoms with van der Waals surface area (Å²) >= 11 is 0. The molecule has 1 aliphatic rings. The van der Waals surface area contributed by atoms with Crippen LogP contribution in [-0.4, -0.2) is 48.1 Å². The van der Waals surface area contributed by atoms with Crippen LogP contribution < -0.4 is 10.4 Å². The fourth-order valence-corrected chi connectivity index (χ4v) is 9.48. The van der Waals surface area contributed by atoms with Gasteiger partial charge in [0.2, 0.25) is 0 Å². The Morgan fingerprint density at radius 3 is 1.88 bits per heavy atom. The fraction of sp³-hybridized carbons (Fsp3) is 0.519. The van der Waals surface area contributed by atoms with Crippen LogP contribution in [0.15, 0.2) is 65.1 Å². The Morgan fingerprint density at radius 2 is 1.44 bits per heavy atom. The summed E-state index contributed by atoms with van der Waals surface area (Å²) in [4.78, 5) is 0. The van der Waals surface area contributed by atoms with Crippen molar-refractivity contribution < 1.29 is 18.1 Å². The van der Waals surface area contributed by atoms with E-state index in [1.165, 1.54) is 10.4 Å². The molecular formula is C27H39NO4SSi. The van der Waals surface area contributed by atoms with Crippen LogP contribution in [0.2, 0.25) is 5.04 Å². The van der Waals surface area contributed by atoms with Crippen molar-refractivity contribution in [2.24, 2.45) is 4.40 Å². The lowest BCUT2D eigenvalue weighted by Crippen LogP contribution is -2.67. The van der Waals surface area contributed by atoms with Gasteiger partial charge >= 0.3 is 0 Å². The third-order valence-corrected chi connectivity index (χ3v) is 12.3. The van der Waals surface area contributed by atoms with Gasteiger partial charge < -0.3 is 13.9 Å². The van der Waals surface area contributed by atoms with Gasteiger partial charge in [-0.2, -0.15) is 4.40 Å². The van der Waals surface area contributed by atoms with E-state index in [1.54, 1.807) is 6.21 Å². The second kappa shape index (κ2) is 10.2. The predicted octanol–water partition coefficient (Wildman–Crippen LogP) is 4.62. The van der Waals surface area contributed by atoms with Crippen LogP contribution in [0.25, 0.3) is 0 Å². The van der Waals surface area contributed by atoms with Gasteiger partial charge in [0.05, 0.1) is 11.4 Å². The van der Waals surface area contributed by atoms with E-state index in [4.69, 9.17) is 13.9 Å². The van der Waals surface area contributed by atoms with Gasteiger partial charge in [-0.25, -0.2) is 4.21 Å². The minimum absolute atomic E-state index is 0.137. The molecule has 0 aliphatic carbocycles. The molecule has 1 saturated heterocycles. The van der Waals surface area contributed by atoms with Crippen LogP contribution in [0.1, 0.15) is 55.4 Å². The monoisotopic (exact) mass is 501 g/mol. The van der Waals surface area contributed by atoms with Crippen LogP contribution in [0.3, 0.4) is 0 Å². The van der Waals surface area contributed by atoms with Gasteiger partial charge in [0.15, 0.2) is 5.79 Å². The zero-order chi connectivity index (χ0) is 25.2. The van der Waals surface area contributed by atoms with Crippen LogP contribution in [-0.2, 0) is 24.9 Å². The molecule has 186 valence electrons. The van der Waals surface area contributed by atoms with E-state index >= 15 is 0 Å². The molecule has 3 rings (SSSR count). The SMILES string of the molecule is CC1(C)O[C@@H](/C=N/[S@@](=O)C(C)(C)C)[C@H](CO[Si](c2ccccc2)(c2ccccc2)C(C)(C)C)O1. The van der Waals surface area contributed by atoms with Gasteiger partial charge in [-0.05, 0) is 50.0 Å². The van der Waals surface area contributed by atoms with Gasteiger partial charge in [0.1, 0.15) is 23.2 Å². The molecule has 2 aromatic carbocycles. The number of ether oxygens (including phenoxy) is 2. The zero-order valence-electron chi connectivity index (χ0n) is 21.7. The minimum atomic E-state index is -2.71. The van der Waals surface area contributed by atoms with Crippen molar-refractivity contribution >= 4 is 35.9 Å². The number of benzene rings is 2. The Labute approximate surface area is 208 Å². The lowest BCUT2D eigenvalue weighted by Gasteiger charge is -2.43. The summed E-state index contributed by atoms with van der Waals surface area (Å²) in [7, 11) is -4.07. The summed E-state index contributed by atoms with van der Waals surface area (Å²) in [6.07, 6.45) is 0.826. The summed E-state index contributed by atoms with van der Waals surface area (Å²) in [5.74, 6) is -0.778. The molecule has 1 aliphatic heterocycles. The molecule has 0 amide bonds. The number of hydrogen-bond acceptors (Lipinski definition) is 4. The second-order valence-electron chi connectivity index (χ2n) is 11.2. The number of rotatable bonds is 7. The van der Waals surface area contributed by atoms with E-state index in [1.807, 2.05) is 46.8 Å². The maximum Gasteiger partial charge on any atom is 0.261 e. The number of nitrogens with zero attached hydrogens (tertiary/aromatic N) is 1. The quantitative estimate of drug-likeness (QED) is 0.410. The van der Waals surface area contributed by atoms with E-state index in [2.05, 4.69) is 73.7 Å². The average molecular weight is 502 g/mol. The minimum Gasteiger partial charge on any atom is -0.405 e. The zero-order valence-corrected chi connectivity index (χ0v) is 23.5. The van der Waals surface area contributed by atoms with E-state index in [0.717, 1.165) is 0 Å². The third kappa shape index (κ3) is 5.94. The predicted molar refractivity (Wildman–Crippen MR) is 144 cm³/mol. The molecule has 0 N–H and O–H groups in total. The summed E-state index contributed by atoms with van der Waals surface area (Å²) < 4.78 is 35.8. The Morgan fingerprint density at radius 1 is 0.941 bits per heavy atom. The molecule has 1 fully saturated rings. The Kier molecular flexibility index (Phi) is 8.05. The first kappa shape index (κ1) is 27.0. The van der Waals surface area contributed by atoms with Crippen LogP contribution >= 0.6 is 0 Å². The topological polar surface area (TPSA) is 57.1 Å². The lowest BCUT2D eigenvalue weighted by atomic mass is 10.2. The maximum atomic E-state index is 12.5. The van der Waals surface area contributed by atoms with Crippen molar-refractivity contribution in [2.75, 3.05) is 6.61 Å². The molecule has 2 aromatic rings. The van der Waals surface area contributed by atoms with E-state index < -0.39 is 35.9 Å². The standard InChI is InChI=1S/C27H39NO4SSi/c1-25(2,3)33(29)28-19-23-24(32-27(7,8)31-23)20-30-34(26(4,5)6,21-15-11-9-12-16-21)22-17-13-10-14-18-22/h9-19,23-24H,20H2,1-8H3/b28-19+/t23-,24-,33-/m0/s1. The molecular weight excluding hydrogens is 462 g/mol. The van der Waals surface area contributed by atoms with Crippen molar-refractivity contribution in [3.63, 3.8) is 0 Å². The molecule has 5 nitrogen and oxygen atoms in total. The van der Waals surface area contributed by atoms with Crippen molar-refractivity contribution in [3.05, 3.63) is 60.7 Å². The normalized spacial score (nSPS) is 22.2. The highest BCUT2D eigenvalue weighted by atomic mass is 32.2. The highest BCUT2D eigenvalue weighted by Crippen LogP contribution is 2.38. The summed E-state index contributed by atoms with van der Waals surface area (Å²) in [5, 5.41) is 2.29. The molecule has 34 heavy (non-hydrogen) atoms. The van der Waals surface area contributed by atoms with Gasteiger partial charge in [0.25, 0.3) is 8.32 Å². The van der Waals surface area contributed by atoms with Gasteiger partial charge in [0, 0.05) is 6.21 Å². The molecule has 0 bridgehead atoms. The molecule has 0 spiro atoms. The largest absolute Gasteiger partial charge is 0.405 e. The highest BCUT2D eigenvalue weighted by molar-refractivity contribution is 7.85. The molecule has 0 aromatic heterocycles. The molecule has 0 unspecified atom stereocenters. The summed E-state index contributed by atoms with van der Waals surface area (Å²) in [5.41, 5.74) is 0. The first-order chi connectivity index (χ1) is 15.8. The Hall–Kier alpha value is -1.64. The van der Waals surface area contributed by atoms with E-state index in [9.17, 15) is 4.21 Å². The Bertz CT molecular complexity index is 957. The van der Waals surface area contributed by atoms with E-state index in [0.29, 0.717) is 6.61 Å². The van der Waals surface area contributed by atoms with Crippen molar-refractivity contribution in [1.29, 1.82) is 0 Å². The molecule has 0 radical (unpaired) electrons. The first-order valence-corrected chi connectivity index (χ1v) is 14.8. The first-order valence-electron chi connectivity index (χ1n) is 11.8. The van der Waals surface area contributed by atoms with Crippen molar-refractivity contribution in [1.82, 2.24) is 0 Å². The van der Waals surface area contributed by atoms with Crippen LogP contribution in [0.4, 0.5) is 0 Å². The smallest absolute Gasteiger partial charge is 0.261 e.